The first-order chi connectivity index (χ1) is 14.3. The lowest BCUT2D eigenvalue weighted by Gasteiger charge is -2.39. The fourth-order valence-electron chi connectivity index (χ4n) is 4.78. The molecule has 3 rings (SSSR count). The zero-order valence-electron chi connectivity index (χ0n) is 19.2. The lowest BCUT2D eigenvalue weighted by molar-refractivity contribution is 0.00505. The molecular formula is C27H37NO2. The molecule has 2 aromatic carbocycles. The summed E-state index contributed by atoms with van der Waals surface area (Å²) in [5.41, 5.74) is 5.13. The number of hydrogen-bond donors (Lipinski definition) is 1. The molecule has 1 aliphatic rings. The van der Waals surface area contributed by atoms with Crippen molar-refractivity contribution in [1.29, 1.82) is 0 Å². The standard InChI is InChI=1S/C27H37NO2/c1-20-13-14-21(2)23(15-20)18-27(29)24(10-6-7-11-25(27)19-28(3)4)16-22-9-8-12-26(17-22)30-5/h8-9,12-17,25,29H,6-7,10-11,18-19H2,1-5H3/b24-16+. The van der Waals surface area contributed by atoms with Gasteiger partial charge in [0.15, 0.2) is 0 Å². The van der Waals surface area contributed by atoms with E-state index in [9.17, 15) is 5.11 Å². The summed E-state index contributed by atoms with van der Waals surface area (Å²) in [5, 5.41) is 12.4. The molecule has 2 aromatic rings. The Kier molecular flexibility index (Phi) is 7.38. The summed E-state index contributed by atoms with van der Waals surface area (Å²) in [6, 6.07) is 14.7. The summed E-state index contributed by atoms with van der Waals surface area (Å²) in [6.07, 6.45) is 7.13. The quantitative estimate of drug-likeness (QED) is 0.649. The first-order valence-corrected chi connectivity index (χ1v) is 11.1. The average Bonchev–Trinajstić information content (AvgIpc) is 2.84. The van der Waals surface area contributed by atoms with Gasteiger partial charge in [0.25, 0.3) is 0 Å². The molecule has 1 fully saturated rings. The minimum Gasteiger partial charge on any atom is -0.497 e. The topological polar surface area (TPSA) is 32.7 Å². The Hall–Kier alpha value is -2.10. The molecule has 2 atom stereocenters. The monoisotopic (exact) mass is 407 g/mol. The predicted octanol–water partition coefficient (Wildman–Crippen LogP) is 5.42. The van der Waals surface area contributed by atoms with Crippen molar-refractivity contribution < 1.29 is 9.84 Å². The van der Waals surface area contributed by atoms with Crippen molar-refractivity contribution in [2.45, 2.75) is 51.6 Å². The van der Waals surface area contributed by atoms with E-state index in [1.54, 1.807) is 7.11 Å². The third kappa shape index (κ3) is 5.33. The van der Waals surface area contributed by atoms with Crippen LogP contribution in [0.4, 0.5) is 0 Å². The molecule has 3 nitrogen and oxygen atoms in total. The molecule has 162 valence electrons. The third-order valence-electron chi connectivity index (χ3n) is 6.46. The molecular weight excluding hydrogens is 370 g/mol. The van der Waals surface area contributed by atoms with Crippen molar-refractivity contribution in [3.05, 3.63) is 70.3 Å². The normalized spacial score (nSPS) is 23.6. The number of ether oxygens (including phenoxy) is 1. The number of benzene rings is 2. The van der Waals surface area contributed by atoms with E-state index in [1.807, 2.05) is 12.1 Å². The number of hydrogen-bond acceptors (Lipinski definition) is 3. The van der Waals surface area contributed by atoms with Crippen LogP contribution in [0.15, 0.2) is 48.0 Å². The van der Waals surface area contributed by atoms with Crippen LogP contribution in [0.25, 0.3) is 6.08 Å². The minimum absolute atomic E-state index is 0.201. The number of methoxy groups -OCH3 is 1. The highest BCUT2D eigenvalue weighted by Crippen LogP contribution is 2.41. The average molecular weight is 408 g/mol. The van der Waals surface area contributed by atoms with Crippen LogP contribution >= 0.6 is 0 Å². The van der Waals surface area contributed by atoms with Crippen LogP contribution in [0, 0.1) is 19.8 Å². The molecule has 2 unspecified atom stereocenters. The van der Waals surface area contributed by atoms with Crippen LogP contribution in [0.3, 0.4) is 0 Å². The van der Waals surface area contributed by atoms with Gasteiger partial charge in [0.2, 0.25) is 0 Å². The third-order valence-corrected chi connectivity index (χ3v) is 6.46. The number of aryl methyl sites for hydroxylation is 2. The van der Waals surface area contributed by atoms with Gasteiger partial charge >= 0.3 is 0 Å². The van der Waals surface area contributed by atoms with Crippen molar-refractivity contribution in [3.8, 4) is 5.75 Å². The summed E-state index contributed by atoms with van der Waals surface area (Å²) in [7, 11) is 5.91. The molecule has 1 aliphatic carbocycles. The molecule has 3 heteroatoms. The van der Waals surface area contributed by atoms with Gasteiger partial charge in [0, 0.05) is 18.9 Å². The Morgan fingerprint density at radius 3 is 2.67 bits per heavy atom. The van der Waals surface area contributed by atoms with Gasteiger partial charge in [-0.3, -0.25) is 0 Å². The van der Waals surface area contributed by atoms with Crippen LogP contribution in [-0.2, 0) is 6.42 Å². The van der Waals surface area contributed by atoms with E-state index in [-0.39, 0.29) is 5.92 Å². The van der Waals surface area contributed by atoms with E-state index in [4.69, 9.17) is 4.74 Å². The number of rotatable bonds is 6. The molecule has 0 spiro atoms. The smallest absolute Gasteiger partial charge is 0.119 e. The predicted molar refractivity (Wildman–Crippen MR) is 126 cm³/mol. The van der Waals surface area contributed by atoms with E-state index in [0.29, 0.717) is 6.42 Å². The summed E-state index contributed by atoms with van der Waals surface area (Å²) in [5.74, 6) is 1.05. The highest BCUT2D eigenvalue weighted by Gasteiger charge is 2.41. The summed E-state index contributed by atoms with van der Waals surface area (Å²) < 4.78 is 5.42. The molecule has 0 aliphatic heterocycles. The largest absolute Gasteiger partial charge is 0.497 e. The van der Waals surface area contributed by atoms with Crippen LogP contribution in [0.2, 0.25) is 0 Å². The fourth-order valence-corrected chi connectivity index (χ4v) is 4.78. The Bertz CT molecular complexity index is 886. The molecule has 1 saturated carbocycles. The Morgan fingerprint density at radius 1 is 1.13 bits per heavy atom. The molecule has 0 aromatic heterocycles. The molecule has 1 N–H and O–H groups in total. The second-order valence-corrected chi connectivity index (χ2v) is 9.18. The van der Waals surface area contributed by atoms with E-state index >= 15 is 0 Å². The number of aliphatic hydroxyl groups is 1. The fraction of sp³-hybridized carbons (Fsp3) is 0.481. The number of nitrogens with zero attached hydrogens (tertiary/aromatic N) is 1. The van der Waals surface area contributed by atoms with Crippen molar-refractivity contribution >= 4 is 6.08 Å². The van der Waals surface area contributed by atoms with Gasteiger partial charge < -0.3 is 14.7 Å². The van der Waals surface area contributed by atoms with E-state index in [1.165, 1.54) is 16.7 Å². The second-order valence-electron chi connectivity index (χ2n) is 9.18. The van der Waals surface area contributed by atoms with Crippen LogP contribution < -0.4 is 4.74 Å². The maximum atomic E-state index is 12.4. The molecule has 30 heavy (non-hydrogen) atoms. The van der Waals surface area contributed by atoms with Gasteiger partial charge in [-0.1, -0.05) is 48.4 Å². The SMILES string of the molecule is COc1cccc(/C=C2\CCCCC(CN(C)C)C2(O)Cc2cc(C)ccc2C)c1. The summed E-state index contributed by atoms with van der Waals surface area (Å²) in [4.78, 5) is 2.22. The van der Waals surface area contributed by atoms with E-state index < -0.39 is 5.60 Å². The van der Waals surface area contributed by atoms with Crippen LogP contribution in [0.1, 0.15) is 47.9 Å². The first-order valence-electron chi connectivity index (χ1n) is 11.1. The van der Waals surface area contributed by atoms with Gasteiger partial charge in [-0.05, 0) is 81.6 Å². The van der Waals surface area contributed by atoms with Gasteiger partial charge in [-0.2, -0.15) is 0 Å². The first kappa shape index (κ1) is 22.6. The second kappa shape index (κ2) is 9.80. The Balaban J connectivity index is 2.08. The van der Waals surface area contributed by atoms with Crippen LogP contribution in [-0.4, -0.2) is 43.4 Å². The maximum absolute atomic E-state index is 12.4. The van der Waals surface area contributed by atoms with Crippen LogP contribution in [0.5, 0.6) is 5.75 Å². The van der Waals surface area contributed by atoms with Gasteiger partial charge in [-0.25, -0.2) is 0 Å². The Morgan fingerprint density at radius 2 is 1.93 bits per heavy atom. The van der Waals surface area contributed by atoms with Crippen molar-refractivity contribution in [3.63, 3.8) is 0 Å². The molecule has 0 heterocycles. The van der Waals surface area contributed by atoms with Crippen molar-refractivity contribution in [1.82, 2.24) is 4.90 Å². The molecule has 0 amide bonds. The van der Waals surface area contributed by atoms with E-state index in [2.05, 4.69) is 69.3 Å². The zero-order valence-corrected chi connectivity index (χ0v) is 19.2. The molecule has 0 saturated heterocycles. The minimum atomic E-state index is -0.859. The zero-order chi connectivity index (χ0) is 21.7. The maximum Gasteiger partial charge on any atom is 0.119 e. The van der Waals surface area contributed by atoms with Gasteiger partial charge in [-0.15, -0.1) is 0 Å². The van der Waals surface area contributed by atoms with Crippen molar-refractivity contribution in [2.75, 3.05) is 27.7 Å². The van der Waals surface area contributed by atoms with Gasteiger partial charge in [0.05, 0.1) is 12.7 Å². The summed E-state index contributed by atoms with van der Waals surface area (Å²) >= 11 is 0. The van der Waals surface area contributed by atoms with Crippen molar-refractivity contribution in [2.24, 2.45) is 5.92 Å². The van der Waals surface area contributed by atoms with Gasteiger partial charge in [0.1, 0.15) is 5.75 Å². The summed E-state index contributed by atoms with van der Waals surface area (Å²) in [6.45, 7) is 5.17. The highest BCUT2D eigenvalue weighted by atomic mass is 16.5. The molecule has 0 radical (unpaired) electrons. The highest BCUT2D eigenvalue weighted by molar-refractivity contribution is 5.58. The lowest BCUT2D eigenvalue weighted by Crippen LogP contribution is -2.46. The Labute approximate surface area is 182 Å². The van der Waals surface area contributed by atoms with E-state index in [0.717, 1.165) is 49.1 Å². The molecule has 0 bridgehead atoms. The lowest BCUT2D eigenvalue weighted by atomic mass is 9.74.